The number of piperidine rings is 1. The van der Waals surface area contributed by atoms with Gasteiger partial charge in [0.15, 0.2) is 0 Å². The Morgan fingerprint density at radius 1 is 1.05 bits per heavy atom. The largest absolute Gasteiger partial charge is 0.490 e. The van der Waals surface area contributed by atoms with Crippen LogP contribution in [-0.2, 0) is 20.9 Å². The van der Waals surface area contributed by atoms with Crippen LogP contribution in [0.25, 0.3) is 0 Å². The number of rotatable bonds is 6. The Hall–Kier alpha value is -1.90. The van der Waals surface area contributed by atoms with E-state index in [1.807, 2.05) is 11.3 Å². The fourth-order valence-corrected chi connectivity index (χ4v) is 5.28. The van der Waals surface area contributed by atoms with Gasteiger partial charge in [-0.25, -0.2) is 9.59 Å². The van der Waals surface area contributed by atoms with Crippen LogP contribution < -0.4 is 0 Å². The van der Waals surface area contributed by atoms with E-state index >= 15 is 0 Å². The van der Waals surface area contributed by atoms with Gasteiger partial charge < -0.3 is 19.8 Å². The van der Waals surface area contributed by atoms with Gasteiger partial charge >= 0.3 is 24.3 Å². The maximum atomic E-state index is 10.6. The highest BCUT2D eigenvalue weighted by Crippen LogP contribution is 2.45. The lowest BCUT2D eigenvalue weighted by Crippen LogP contribution is -2.44. The number of likely N-dealkylation sites (tertiary alicyclic amines) is 2. The first-order chi connectivity index (χ1) is 17.1. The summed E-state index contributed by atoms with van der Waals surface area (Å²) in [4.78, 5) is 24.5. The molecule has 2 saturated heterocycles. The molecule has 3 fully saturated rings. The number of nitrogens with zero attached hydrogens (tertiary/aromatic N) is 2. The van der Waals surface area contributed by atoms with Crippen LogP contribution in [0.5, 0.6) is 0 Å². The molecule has 1 saturated carbocycles. The molecule has 14 heteroatoms. The average molecular weight is 563 g/mol. The minimum Gasteiger partial charge on any atom is -0.475 e. The van der Waals surface area contributed by atoms with E-state index in [9.17, 15) is 26.3 Å². The summed E-state index contributed by atoms with van der Waals surface area (Å²) in [7, 11) is 2.29. The van der Waals surface area contributed by atoms with Crippen LogP contribution in [0.1, 0.15) is 30.6 Å². The van der Waals surface area contributed by atoms with Gasteiger partial charge in [-0.1, -0.05) is 6.07 Å². The van der Waals surface area contributed by atoms with Crippen LogP contribution >= 0.6 is 11.3 Å². The van der Waals surface area contributed by atoms with Gasteiger partial charge in [-0.15, -0.1) is 11.3 Å². The zero-order valence-electron chi connectivity index (χ0n) is 20.4. The molecule has 1 unspecified atom stereocenters. The van der Waals surface area contributed by atoms with Crippen LogP contribution in [0.2, 0.25) is 0 Å². The van der Waals surface area contributed by atoms with Gasteiger partial charge in [0, 0.05) is 37.0 Å². The number of alkyl halides is 6. The van der Waals surface area contributed by atoms with Crippen LogP contribution in [0, 0.1) is 17.3 Å². The van der Waals surface area contributed by atoms with E-state index < -0.39 is 24.3 Å². The van der Waals surface area contributed by atoms with Crippen LogP contribution in [-0.4, -0.2) is 90.7 Å². The third-order valence-electron chi connectivity index (χ3n) is 6.65. The van der Waals surface area contributed by atoms with Crippen LogP contribution in [0.15, 0.2) is 17.5 Å². The fourth-order valence-electron chi connectivity index (χ4n) is 4.54. The number of carboxylic acid groups (broad SMARTS) is 2. The smallest absolute Gasteiger partial charge is 0.475 e. The highest BCUT2D eigenvalue weighted by Gasteiger charge is 2.47. The topological polar surface area (TPSA) is 90.3 Å². The highest BCUT2D eigenvalue weighted by molar-refractivity contribution is 7.09. The molecule has 2 N–H and O–H groups in total. The summed E-state index contributed by atoms with van der Waals surface area (Å²) < 4.78 is 69.6. The summed E-state index contributed by atoms with van der Waals surface area (Å²) in [6, 6.07) is 4.44. The molecule has 37 heavy (non-hydrogen) atoms. The number of thiophene rings is 1. The zero-order chi connectivity index (χ0) is 27.9. The van der Waals surface area contributed by atoms with E-state index in [4.69, 9.17) is 24.5 Å². The van der Waals surface area contributed by atoms with E-state index in [2.05, 4.69) is 34.4 Å². The predicted octanol–water partition coefficient (Wildman–Crippen LogP) is 4.59. The second-order valence-corrected chi connectivity index (χ2v) is 10.7. The van der Waals surface area contributed by atoms with Crippen molar-refractivity contribution >= 4 is 23.3 Å². The molecule has 2 aliphatic heterocycles. The van der Waals surface area contributed by atoms with Crippen molar-refractivity contribution in [2.24, 2.45) is 17.3 Å². The van der Waals surface area contributed by atoms with Crippen molar-refractivity contribution in [3.05, 3.63) is 22.4 Å². The molecule has 7 nitrogen and oxygen atoms in total. The van der Waals surface area contributed by atoms with Crippen molar-refractivity contribution in [2.45, 2.75) is 44.6 Å². The number of aliphatic carboxylic acids is 2. The minimum atomic E-state index is -5.08. The lowest BCUT2D eigenvalue weighted by atomic mass is 9.71. The highest BCUT2D eigenvalue weighted by atomic mass is 32.1. The average Bonchev–Trinajstić information content (AvgIpc) is 3.37. The van der Waals surface area contributed by atoms with Crippen molar-refractivity contribution in [2.75, 3.05) is 46.4 Å². The molecule has 1 aromatic rings. The standard InChI is InChI=1S/C19H30N2OS.2C2HF3O2/c1-20-11-17(14-22-13-16-4-5-16)19(15-20)6-8-21(9-7-19)12-18-3-2-10-23-18;2*3-2(4,5)1(6)7/h2-3,10,16-17H,4-9,11-15H2,1H3;2*(H,6,7). The minimum absolute atomic E-state index is 0.518. The molecular formula is C23H32F6N2O5S. The van der Waals surface area contributed by atoms with Crippen LogP contribution in [0.4, 0.5) is 26.3 Å². The molecule has 0 aromatic carbocycles. The van der Waals surface area contributed by atoms with E-state index in [1.54, 1.807) is 0 Å². The number of ether oxygens (including phenoxy) is 1. The van der Waals surface area contributed by atoms with Gasteiger partial charge in [0.25, 0.3) is 0 Å². The Balaban J connectivity index is 0.000000286. The first-order valence-electron chi connectivity index (χ1n) is 11.7. The Bertz CT molecular complexity index is 829. The maximum Gasteiger partial charge on any atom is 0.490 e. The summed E-state index contributed by atoms with van der Waals surface area (Å²) in [5, 5.41) is 16.4. The van der Waals surface area contributed by atoms with Crippen molar-refractivity contribution in [3.8, 4) is 0 Å². The second-order valence-electron chi connectivity index (χ2n) is 9.70. The predicted molar refractivity (Wildman–Crippen MR) is 123 cm³/mol. The molecule has 1 atom stereocenters. The Morgan fingerprint density at radius 2 is 1.59 bits per heavy atom. The molecule has 0 radical (unpaired) electrons. The Morgan fingerprint density at radius 3 is 2.03 bits per heavy atom. The summed E-state index contributed by atoms with van der Waals surface area (Å²) in [5.74, 6) is -3.88. The Kier molecular flexibility index (Phi) is 11.2. The monoisotopic (exact) mass is 562 g/mol. The van der Waals surface area contributed by atoms with Gasteiger partial charge in [-0.3, -0.25) is 4.90 Å². The fraction of sp³-hybridized carbons (Fsp3) is 0.739. The summed E-state index contributed by atoms with van der Waals surface area (Å²) >= 11 is 1.89. The molecule has 0 amide bonds. The number of halogens is 6. The molecule has 1 aromatic heterocycles. The molecule has 1 aliphatic carbocycles. The van der Waals surface area contributed by atoms with Gasteiger partial charge in [0.1, 0.15) is 0 Å². The molecular weight excluding hydrogens is 530 g/mol. The number of hydrogen-bond acceptors (Lipinski definition) is 6. The maximum absolute atomic E-state index is 10.6. The normalized spacial score (nSPS) is 22.1. The summed E-state index contributed by atoms with van der Waals surface area (Å²) in [6.07, 6.45) is -4.68. The third kappa shape index (κ3) is 10.8. The summed E-state index contributed by atoms with van der Waals surface area (Å²) in [5.41, 5.74) is 0.518. The number of carbonyl (C=O) groups is 2. The van der Waals surface area contributed by atoms with Crippen LogP contribution in [0.3, 0.4) is 0 Å². The lowest BCUT2D eigenvalue weighted by molar-refractivity contribution is -0.193. The first-order valence-corrected chi connectivity index (χ1v) is 12.6. The van der Waals surface area contributed by atoms with E-state index in [0.717, 1.165) is 31.6 Å². The zero-order valence-corrected chi connectivity index (χ0v) is 21.2. The molecule has 4 rings (SSSR count). The molecule has 212 valence electrons. The number of carboxylic acids is 2. The number of hydrogen-bond donors (Lipinski definition) is 2. The van der Waals surface area contributed by atoms with E-state index in [1.165, 1.54) is 56.7 Å². The Labute approximate surface area is 215 Å². The SMILES string of the molecule is CN1CC(COCC2CC2)C2(CCN(Cc3cccs3)CC2)C1.O=C(O)C(F)(F)F.O=C(O)C(F)(F)F. The first kappa shape index (κ1) is 31.3. The van der Waals surface area contributed by atoms with Crippen molar-refractivity contribution in [1.82, 2.24) is 9.80 Å². The van der Waals surface area contributed by atoms with E-state index in [0.29, 0.717) is 5.41 Å². The molecule has 1 spiro atoms. The van der Waals surface area contributed by atoms with Gasteiger partial charge in [0.05, 0.1) is 6.61 Å². The van der Waals surface area contributed by atoms with Crippen molar-refractivity contribution in [1.29, 1.82) is 0 Å². The molecule has 3 aliphatic rings. The lowest BCUT2D eigenvalue weighted by Gasteiger charge is -2.42. The van der Waals surface area contributed by atoms with Gasteiger partial charge in [-0.2, -0.15) is 26.3 Å². The third-order valence-corrected chi connectivity index (χ3v) is 7.51. The van der Waals surface area contributed by atoms with Crippen molar-refractivity contribution < 1.29 is 50.9 Å². The molecule has 0 bridgehead atoms. The quantitative estimate of drug-likeness (QED) is 0.491. The van der Waals surface area contributed by atoms with E-state index in [-0.39, 0.29) is 0 Å². The van der Waals surface area contributed by atoms with Gasteiger partial charge in [0.2, 0.25) is 0 Å². The van der Waals surface area contributed by atoms with Gasteiger partial charge in [-0.05, 0) is 68.6 Å². The molecule has 3 heterocycles. The summed E-state index contributed by atoms with van der Waals surface area (Å²) in [6.45, 7) is 8.17. The van der Waals surface area contributed by atoms with Crippen molar-refractivity contribution in [3.63, 3.8) is 0 Å². The second kappa shape index (κ2) is 13.3.